The molecule has 3 atom stereocenters. The summed E-state index contributed by atoms with van der Waals surface area (Å²) in [5, 5.41) is 38.4. The standard InChI is InChI=1S/C17H26O8/c1-10(18)4-13(21)6-15(23)7-16(24)9-17(25-12(3)20)8-14(22)5-11(2)19/h5-6,10,16-18,22-24H,4,7-9H2,1-3H3/b14-5-,15-6-. The number of aliphatic hydroxyl groups is 4. The molecule has 0 aromatic carbocycles. The summed E-state index contributed by atoms with van der Waals surface area (Å²) in [4.78, 5) is 33.5. The largest absolute Gasteiger partial charge is 0.512 e. The molecule has 0 saturated heterocycles. The van der Waals surface area contributed by atoms with E-state index in [1.165, 1.54) is 13.8 Å². The summed E-state index contributed by atoms with van der Waals surface area (Å²) in [6.45, 7) is 3.85. The first-order valence-corrected chi connectivity index (χ1v) is 7.85. The molecule has 142 valence electrons. The third kappa shape index (κ3) is 12.8. The van der Waals surface area contributed by atoms with E-state index in [2.05, 4.69) is 0 Å². The Labute approximate surface area is 146 Å². The van der Waals surface area contributed by atoms with Gasteiger partial charge in [-0.1, -0.05) is 0 Å². The highest BCUT2D eigenvalue weighted by Gasteiger charge is 2.20. The normalized spacial score (nSPS) is 16.0. The van der Waals surface area contributed by atoms with Gasteiger partial charge >= 0.3 is 5.97 Å². The van der Waals surface area contributed by atoms with Crippen LogP contribution in [0.1, 0.15) is 46.5 Å². The smallest absolute Gasteiger partial charge is 0.302 e. The van der Waals surface area contributed by atoms with Gasteiger partial charge in [-0.2, -0.15) is 0 Å². The van der Waals surface area contributed by atoms with Crippen molar-refractivity contribution < 1.29 is 39.5 Å². The molecule has 0 aromatic heterocycles. The van der Waals surface area contributed by atoms with Crippen molar-refractivity contribution >= 4 is 17.5 Å². The van der Waals surface area contributed by atoms with Crippen molar-refractivity contribution in [2.24, 2.45) is 0 Å². The number of hydrogen-bond donors (Lipinski definition) is 4. The second-order valence-electron chi connectivity index (χ2n) is 5.93. The molecule has 0 heterocycles. The Hall–Kier alpha value is -2.19. The quantitative estimate of drug-likeness (QED) is 0.246. The van der Waals surface area contributed by atoms with Crippen molar-refractivity contribution in [3.8, 4) is 0 Å². The van der Waals surface area contributed by atoms with E-state index in [0.29, 0.717) is 0 Å². The predicted octanol–water partition coefficient (Wildman–Crippen LogP) is 1.26. The summed E-state index contributed by atoms with van der Waals surface area (Å²) < 4.78 is 4.98. The Morgan fingerprint density at radius 3 is 2.00 bits per heavy atom. The Morgan fingerprint density at radius 1 is 0.960 bits per heavy atom. The number of carbonyl (C=O) groups excluding carboxylic acids is 3. The molecule has 0 aromatic rings. The third-order valence-electron chi connectivity index (χ3n) is 2.94. The number of ether oxygens (including phenoxy) is 1. The molecule has 3 unspecified atom stereocenters. The van der Waals surface area contributed by atoms with Gasteiger partial charge in [-0.3, -0.25) is 14.4 Å². The first kappa shape index (κ1) is 22.8. The van der Waals surface area contributed by atoms with Crippen LogP contribution in [0.2, 0.25) is 0 Å². The summed E-state index contributed by atoms with van der Waals surface area (Å²) >= 11 is 0. The average Bonchev–Trinajstić information content (AvgIpc) is 2.33. The monoisotopic (exact) mass is 358 g/mol. The molecule has 0 rings (SSSR count). The molecule has 0 spiro atoms. The first-order chi connectivity index (χ1) is 11.5. The maximum absolute atomic E-state index is 11.4. The van der Waals surface area contributed by atoms with E-state index >= 15 is 0 Å². The minimum absolute atomic E-state index is 0.113. The zero-order valence-electron chi connectivity index (χ0n) is 14.6. The number of rotatable bonds is 11. The van der Waals surface area contributed by atoms with Gasteiger partial charge in [0.2, 0.25) is 0 Å². The maximum Gasteiger partial charge on any atom is 0.302 e. The molecule has 0 bridgehead atoms. The molecular formula is C17H26O8. The highest BCUT2D eigenvalue weighted by atomic mass is 16.5. The van der Waals surface area contributed by atoms with E-state index in [-0.39, 0.29) is 43.0 Å². The SMILES string of the molecule is CC(=O)/C=C(\O)CC(CC(O)C/C(O)=C/C(=O)CC(C)O)OC(C)=O. The van der Waals surface area contributed by atoms with E-state index in [0.717, 1.165) is 19.1 Å². The summed E-state index contributed by atoms with van der Waals surface area (Å²) in [6.07, 6.45) is -1.68. The van der Waals surface area contributed by atoms with Gasteiger partial charge in [-0.25, -0.2) is 0 Å². The number of carbonyl (C=O) groups is 3. The molecule has 0 saturated carbocycles. The zero-order valence-corrected chi connectivity index (χ0v) is 14.6. The van der Waals surface area contributed by atoms with Gasteiger partial charge in [0.1, 0.15) is 6.10 Å². The summed E-state index contributed by atoms with van der Waals surface area (Å²) in [7, 11) is 0. The number of esters is 1. The van der Waals surface area contributed by atoms with E-state index in [9.17, 15) is 29.7 Å². The van der Waals surface area contributed by atoms with Gasteiger partial charge in [-0.15, -0.1) is 0 Å². The second kappa shape index (κ2) is 11.4. The lowest BCUT2D eigenvalue weighted by Gasteiger charge is -2.20. The van der Waals surface area contributed by atoms with Crippen LogP contribution in [0, 0.1) is 0 Å². The molecule has 0 fully saturated rings. The molecule has 0 aliphatic rings. The summed E-state index contributed by atoms with van der Waals surface area (Å²) in [5.41, 5.74) is 0. The van der Waals surface area contributed by atoms with E-state index in [1.807, 2.05) is 0 Å². The summed E-state index contributed by atoms with van der Waals surface area (Å²) in [5.74, 6) is -2.16. The molecule has 8 heteroatoms. The van der Waals surface area contributed by atoms with Crippen LogP contribution in [-0.2, 0) is 19.1 Å². The van der Waals surface area contributed by atoms with E-state index in [4.69, 9.17) is 9.84 Å². The van der Waals surface area contributed by atoms with E-state index < -0.39 is 30.1 Å². The Bertz CT molecular complexity index is 533. The average molecular weight is 358 g/mol. The lowest BCUT2D eigenvalue weighted by molar-refractivity contribution is -0.147. The molecule has 0 aliphatic heterocycles. The highest BCUT2D eigenvalue weighted by molar-refractivity contribution is 5.90. The van der Waals surface area contributed by atoms with Crippen LogP contribution in [0.3, 0.4) is 0 Å². The minimum atomic E-state index is -1.15. The van der Waals surface area contributed by atoms with Crippen LogP contribution in [0.15, 0.2) is 23.7 Å². The Morgan fingerprint density at radius 2 is 1.52 bits per heavy atom. The number of aliphatic hydroxyl groups excluding tert-OH is 4. The lowest BCUT2D eigenvalue weighted by atomic mass is 10.0. The molecule has 0 aliphatic carbocycles. The zero-order chi connectivity index (χ0) is 19.6. The number of hydrogen-bond acceptors (Lipinski definition) is 8. The fourth-order valence-electron chi connectivity index (χ4n) is 2.16. The fraction of sp³-hybridized carbons (Fsp3) is 0.588. The van der Waals surface area contributed by atoms with Crippen LogP contribution < -0.4 is 0 Å². The van der Waals surface area contributed by atoms with Gasteiger partial charge in [0.15, 0.2) is 11.6 Å². The molecular weight excluding hydrogens is 332 g/mol. The number of ketones is 2. The molecule has 8 nitrogen and oxygen atoms in total. The van der Waals surface area contributed by atoms with Gasteiger partial charge in [0.05, 0.1) is 23.7 Å². The lowest BCUT2D eigenvalue weighted by Crippen LogP contribution is -2.24. The Kier molecular flexibility index (Phi) is 10.4. The molecule has 0 radical (unpaired) electrons. The minimum Gasteiger partial charge on any atom is -0.512 e. The fourth-order valence-corrected chi connectivity index (χ4v) is 2.16. The van der Waals surface area contributed by atoms with Crippen LogP contribution >= 0.6 is 0 Å². The first-order valence-electron chi connectivity index (χ1n) is 7.85. The maximum atomic E-state index is 11.4. The molecule has 4 N–H and O–H groups in total. The van der Waals surface area contributed by atoms with Crippen LogP contribution in [0.5, 0.6) is 0 Å². The van der Waals surface area contributed by atoms with Crippen molar-refractivity contribution in [3.05, 3.63) is 23.7 Å². The highest BCUT2D eigenvalue weighted by Crippen LogP contribution is 2.16. The van der Waals surface area contributed by atoms with Gasteiger partial charge in [0, 0.05) is 44.8 Å². The summed E-state index contributed by atoms with van der Waals surface area (Å²) in [6, 6.07) is 0. The third-order valence-corrected chi connectivity index (χ3v) is 2.94. The van der Waals surface area contributed by atoms with Crippen LogP contribution in [-0.4, -0.2) is 56.3 Å². The van der Waals surface area contributed by atoms with Crippen molar-refractivity contribution in [1.82, 2.24) is 0 Å². The Balaban J connectivity index is 4.77. The van der Waals surface area contributed by atoms with E-state index in [1.54, 1.807) is 0 Å². The van der Waals surface area contributed by atoms with Crippen molar-refractivity contribution in [1.29, 1.82) is 0 Å². The molecule has 25 heavy (non-hydrogen) atoms. The predicted molar refractivity (Wildman–Crippen MR) is 88.8 cm³/mol. The van der Waals surface area contributed by atoms with Gasteiger partial charge < -0.3 is 25.2 Å². The topological polar surface area (TPSA) is 141 Å². The van der Waals surface area contributed by atoms with Crippen molar-refractivity contribution in [2.75, 3.05) is 0 Å². The van der Waals surface area contributed by atoms with Crippen molar-refractivity contribution in [2.45, 2.75) is 64.8 Å². The van der Waals surface area contributed by atoms with Gasteiger partial charge in [-0.05, 0) is 13.8 Å². The van der Waals surface area contributed by atoms with Crippen molar-refractivity contribution in [3.63, 3.8) is 0 Å². The van der Waals surface area contributed by atoms with Crippen LogP contribution in [0.25, 0.3) is 0 Å². The number of allylic oxidation sites excluding steroid dienone is 2. The van der Waals surface area contributed by atoms with Crippen LogP contribution in [0.4, 0.5) is 0 Å². The molecule has 0 amide bonds. The van der Waals surface area contributed by atoms with Gasteiger partial charge in [0.25, 0.3) is 0 Å². The second-order valence-corrected chi connectivity index (χ2v) is 5.93.